The Labute approximate surface area is 139 Å². The zero-order valence-corrected chi connectivity index (χ0v) is 14.0. The lowest BCUT2D eigenvalue weighted by Gasteiger charge is -2.26. The number of carboxylic acids is 1. The van der Waals surface area contributed by atoms with Crippen molar-refractivity contribution in [3.05, 3.63) is 57.8 Å². The zero-order chi connectivity index (χ0) is 16.8. The van der Waals surface area contributed by atoms with Crippen LogP contribution in [0.1, 0.15) is 34.6 Å². The lowest BCUT2D eigenvalue weighted by atomic mass is 10.1. The number of carboxylic acid groups (broad SMARTS) is 1. The lowest BCUT2D eigenvalue weighted by molar-refractivity contribution is 0.0697. The molecule has 122 valence electrons. The molecule has 0 aliphatic rings. The van der Waals surface area contributed by atoms with Crippen LogP contribution in [-0.4, -0.2) is 28.0 Å². The molecule has 0 aliphatic carbocycles. The van der Waals surface area contributed by atoms with Gasteiger partial charge in [-0.25, -0.2) is 9.59 Å². The van der Waals surface area contributed by atoms with Crippen molar-refractivity contribution in [1.82, 2.24) is 10.2 Å². The summed E-state index contributed by atoms with van der Waals surface area (Å²) < 4.78 is 0. The summed E-state index contributed by atoms with van der Waals surface area (Å²) in [6.45, 7) is 4.91. The van der Waals surface area contributed by atoms with E-state index in [9.17, 15) is 9.59 Å². The fraction of sp³-hybridized carbons (Fsp3) is 0.294. The van der Waals surface area contributed by atoms with Gasteiger partial charge in [-0.15, -0.1) is 11.3 Å². The molecule has 0 unspecified atom stereocenters. The Morgan fingerprint density at radius 1 is 1.22 bits per heavy atom. The molecular weight excluding hydrogens is 312 g/mol. The topological polar surface area (TPSA) is 69.6 Å². The second-order valence-corrected chi connectivity index (χ2v) is 6.49. The van der Waals surface area contributed by atoms with Gasteiger partial charge >= 0.3 is 12.0 Å². The van der Waals surface area contributed by atoms with Gasteiger partial charge in [-0.1, -0.05) is 18.2 Å². The number of aromatic carboxylic acids is 1. The number of hydrogen-bond donors (Lipinski definition) is 2. The normalized spacial score (nSPS) is 10.6. The average molecular weight is 332 g/mol. The molecule has 0 bridgehead atoms. The third-order valence-electron chi connectivity index (χ3n) is 3.44. The first-order valence-electron chi connectivity index (χ1n) is 7.36. The van der Waals surface area contributed by atoms with Gasteiger partial charge < -0.3 is 15.3 Å². The predicted octanol–water partition coefficient (Wildman–Crippen LogP) is 3.57. The highest BCUT2D eigenvalue weighted by molar-refractivity contribution is 7.09. The van der Waals surface area contributed by atoms with Crippen molar-refractivity contribution < 1.29 is 14.7 Å². The molecular formula is C17H20N2O3S. The van der Waals surface area contributed by atoms with Crippen LogP contribution in [0.25, 0.3) is 0 Å². The van der Waals surface area contributed by atoms with E-state index in [1.165, 1.54) is 12.1 Å². The molecule has 0 spiro atoms. The van der Waals surface area contributed by atoms with Crippen molar-refractivity contribution in [3.63, 3.8) is 0 Å². The van der Waals surface area contributed by atoms with Crippen LogP contribution in [0.3, 0.4) is 0 Å². The number of nitrogens with zero attached hydrogens (tertiary/aromatic N) is 1. The van der Waals surface area contributed by atoms with Crippen molar-refractivity contribution in [1.29, 1.82) is 0 Å². The SMILES string of the molecule is CC(C)N(Cc1cccs1)C(=O)NCc1ccc(C(=O)O)cc1. The largest absolute Gasteiger partial charge is 0.478 e. The smallest absolute Gasteiger partial charge is 0.335 e. The van der Waals surface area contributed by atoms with Crippen LogP contribution < -0.4 is 5.32 Å². The molecule has 0 aliphatic heterocycles. The molecule has 0 radical (unpaired) electrons. The molecule has 1 aromatic heterocycles. The van der Waals surface area contributed by atoms with E-state index >= 15 is 0 Å². The quantitative estimate of drug-likeness (QED) is 0.849. The minimum atomic E-state index is -0.956. The van der Waals surface area contributed by atoms with Gasteiger partial charge in [0.05, 0.1) is 12.1 Å². The first-order valence-corrected chi connectivity index (χ1v) is 8.24. The number of carbonyl (C=O) groups excluding carboxylic acids is 1. The number of nitrogens with one attached hydrogen (secondary N) is 1. The molecule has 0 saturated heterocycles. The molecule has 2 rings (SSSR count). The van der Waals surface area contributed by atoms with E-state index in [0.717, 1.165) is 10.4 Å². The maximum absolute atomic E-state index is 12.4. The second-order valence-electron chi connectivity index (χ2n) is 5.46. The Morgan fingerprint density at radius 2 is 1.91 bits per heavy atom. The summed E-state index contributed by atoms with van der Waals surface area (Å²) in [6, 6.07) is 10.4. The Hall–Kier alpha value is -2.34. The van der Waals surface area contributed by atoms with Crippen LogP contribution in [0, 0.1) is 0 Å². The van der Waals surface area contributed by atoms with Gasteiger partial charge in [-0.3, -0.25) is 0 Å². The van der Waals surface area contributed by atoms with Gasteiger partial charge in [0, 0.05) is 17.5 Å². The van der Waals surface area contributed by atoms with Gasteiger partial charge in [0.15, 0.2) is 0 Å². The summed E-state index contributed by atoms with van der Waals surface area (Å²) in [6.07, 6.45) is 0. The van der Waals surface area contributed by atoms with Gasteiger partial charge in [0.2, 0.25) is 0 Å². The number of rotatable bonds is 6. The summed E-state index contributed by atoms with van der Waals surface area (Å²) in [5, 5.41) is 13.8. The van der Waals surface area contributed by atoms with Crippen molar-refractivity contribution in [2.75, 3.05) is 0 Å². The Morgan fingerprint density at radius 3 is 2.43 bits per heavy atom. The molecule has 2 aromatic rings. The van der Waals surface area contributed by atoms with Crippen molar-refractivity contribution in [3.8, 4) is 0 Å². The number of thiophene rings is 1. The molecule has 0 saturated carbocycles. The molecule has 6 heteroatoms. The Kier molecular flexibility index (Phi) is 5.76. The van der Waals surface area contributed by atoms with E-state index in [4.69, 9.17) is 5.11 Å². The van der Waals surface area contributed by atoms with Gasteiger partial charge in [0.25, 0.3) is 0 Å². The minimum Gasteiger partial charge on any atom is -0.478 e. The summed E-state index contributed by atoms with van der Waals surface area (Å²) >= 11 is 1.63. The maximum Gasteiger partial charge on any atom is 0.335 e. The van der Waals surface area contributed by atoms with Crippen molar-refractivity contribution in [2.24, 2.45) is 0 Å². The molecule has 2 N–H and O–H groups in total. The first kappa shape index (κ1) is 17.0. The average Bonchev–Trinajstić information content (AvgIpc) is 3.03. The highest BCUT2D eigenvalue weighted by atomic mass is 32.1. The third kappa shape index (κ3) is 4.82. The molecule has 0 atom stereocenters. The Bertz CT molecular complexity index is 651. The summed E-state index contributed by atoms with van der Waals surface area (Å²) in [5.41, 5.74) is 1.10. The molecule has 1 aromatic carbocycles. The van der Waals surface area contributed by atoms with Crippen LogP contribution in [0.4, 0.5) is 4.79 Å². The number of hydrogen-bond acceptors (Lipinski definition) is 3. The summed E-state index contributed by atoms with van der Waals surface area (Å²) in [7, 11) is 0. The molecule has 1 heterocycles. The van der Waals surface area contributed by atoms with E-state index in [1.807, 2.05) is 31.4 Å². The van der Waals surface area contributed by atoms with E-state index in [2.05, 4.69) is 5.32 Å². The number of carbonyl (C=O) groups is 2. The van der Waals surface area contributed by atoms with Gasteiger partial charge in [-0.2, -0.15) is 0 Å². The maximum atomic E-state index is 12.4. The van der Waals surface area contributed by atoms with E-state index in [1.54, 1.807) is 28.4 Å². The van der Waals surface area contributed by atoms with Crippen molar-refractivity contribution in [2.45, 2.75) is 33.0 Å². The minimum absolute atomic E-state index is 0.0893. The number of amides is 2. The fourth-order valence-corrected chi connectivity index (χ4v) is 2.81. The third-order valence-corrected chi connectivity index (χ3v) is 4.30. The molecule has 5 nitrogen and oxygen atoms in total. The van der Waals surface area contributed by atoms with E-state index in [0.29, 0.717) is 13.1 Å². The van der Waals surface area contributed by atoms with Gasteiger partial charge in [0.1, 0.15) is 0 Å². The molecule has 2 amide bonds. The summed E-state index contributed by atoms with van der Waals surface area (Å²) in [4.78, 5) is 26.1. The van der Waals surface area contributed by atoms with E-state index in [-0.39, 0.29) is 17.6 Å². The number of benzene rings is 1. The number of urea groups is 1. The molecule has 23 heavy (non-hydrogen) atoms. The van der Waals surface area contributed by atoms with Crippen molar-refractivity contribution >= 4 is 23.3 Å². The van der Waals surface area contributed by atoms with Crippen LogP contribution in [0.2, 0.25) is 0 Å². The fourth-order valence-electron chi connectivity index (χ4n) is 2.10. The Balaban J connectivity index is 1.94. The standard InChI is InChI=1S/C17H20N2O3S/c1-12(2)19(11-15-4-3-9-23-15)17(22)18-10-13-5-7-14(8-6-13)16(20)21/h3-9,12H,10-11H2,1-2H3,(H,18,22)(H,20,21). The van der Waals surface area contributed by atoms with E-state index < -0.39 is 5.97 Å². The van der Waals surface area contributed by atoms with Crippen LogP contribution in [-0.2, 0) is 13.1 Å². The van der Waals surface area contributed by atoms with Crippen LogP contribution in [0.15, 0.2) is 41.8 Å². The lowest BCUT2D eigenvalue weighted by Crippen LogP contribution is -2.43. The molecule has 0 fully saturated rings. The van der Waals surface area contributed by atoms with Crippen LogP contribution in [0.5, 0.6) is 0 Å². The monoisotopic (exact) mass is 332 g/mol. The first-order chi connectivity index (χ1) is 11.0. The van der Waals surface area contributed by atoms with Crippen LogP contribution >= 0.6 is 11.3 Å². The predicted molar refractivity (Wildman–Crippen MR) is 90.6 cm³/mol. The highest BCUT2D eigenvalue weighted by Crippen LogP contribution is 2.14. The highest BCUT2D eigenvalue weighted by Gasteiger charge is 2.17. The summed E-state index contributed by atoms with van der Waals surface area (Å²) in [5.74, 6) is -0.956. The zero-order valence-electron chi connectivity index (χ0n) is 13.2. The van der Waals surface area contributed by atoms with Gasteiger partial charge in [-0.05, 0) is 43.0 Å². The second kappa shape index (κ2) is 7.78.